The number of aromatic carboxylic acids is 1. The number of H-pyrrole nitrogens is 1. The maximum Gasteiger partial charge on any atom is 0.337 e. The number of aliphatic imine (C=N–C) groups is 1. The van der Waals surface area contributed by atoms with Crippen LogP contribution in [0.25, 0.3) is 5.52 Å². The van der Waals surface area contributed by atoms with Gasteiger partial charge in [0.05, 0.1) is 11.9 Å². The number of nitrogens with one attached hydrogen (secondary N) is 1. The van der Waals surface area contributed by atoms with Gasteiger partial charge in [-0.05, 0) is 6.07 Å². The number of aromatic amines is 1. The molecule has 8 heteroatoms. The van der Waals surface area contributed by atoms with Crippen molar-refractivity contribution in [2.24, 2.45) is 4.99 Å². The van der Waals surface area contributed by atoms with Crippen molar-refractivity contribution in [1.29, 1.82) is 0 Å². The number of carboxylic acids is 1. The summed E-state index contributed by atoms with van der Waals surface area (Å²) in [5.41, 5.74) is -0.277. The van der Waals surface area contributed by atoms with Crippen molar-refractivity contribution in [1.82, 2.24) is 19.5 Å². The number of nitrogens with zero attached hydrogens (tertiary/aromatic N) is 4. The first-order valence-electron chi connectivity index (χ1n) is 5.04. The SMILES string of the molecule is CN(C)C=Nc1nn2cc(C(=O)O)cc2c(=O)[nH]1. The van der Waals surface area contributed by atoms with Gasteiger partial charge >= 0.3 is 5.97 Å². The Bertz CT molecular complexity index is 682. The van der Waals surface area contributed by atoms with Crippen molar-refractivity contribution in [2.75, 3.05) is 14.1 Å². The summed E-state index contributed by atoms with van der Waals surface area (Å²) in [5, 5.41) is 12.8. The van der Waals surface area contributed by atoms with Gasteiger partial charge in [0, 0.05) is 20.3 Å². The third-order valence-electron chi connectivity index (χ3n) is 2.12. The van der Waals surface area contributed by atoms with Gasteiger partial charge in [-0.3, -0.25) is 9.78 Å². The summed E-state index contributed by atoms with van der Waals surface area (Å²) in [6, 6.07) is 1.26. The second-order valence-corrected chi connectivity index (χ2v) is 3.85. The van der Waals surface area contributed by atoms with E-state index in [4.69, 9.17) is 5.11 Å². The number of aromatic nitrogens is 3. The van der Waals surface area contributed by atoms with Crippen molar-refractivity contribution in [2.45, 2.75) is 0 Å². The third-order valence-corrected chi connectivity index (χ3v) is 2.12. The van der Waals surface area contributed by atoms with Crippen LogP contribution in [0.2, 0.25) is 0 Å². The van der Waals surface area contributed by atoms with E-state index in [1.165, 1.54) is 23.1 Å². The van der Waals surface area contributed by atoms with Crippen LogP contribution in [0.3, 0.4) is 0 Å². The van der Waals surface area contributed by atoms with Crippen LogP contribution < -0.4 is 5.56 Å². The van der Waals surface area contributed by atoms with Crippen LogP contribution >= 0.6 is 0 Å². The molecule has 18 heavy (non-hydrogen) atoms. The van der Waals surface area contributed by atoms with Gasteiger partial charge in [0.15, 0.2) is 0 Å². The molecule has 2 heterocycles. The number of carbonyl (C=O) groups is 1. The Hall–Kier alpha value is -2.64. The molecule has 0 amide bonds. The van der Waals surface area contributed by atoms with E-state index in [1.807, 2.05) is 0 Å². The molecule has 0 aliphatic carbocycles. The van der Waals surface area contributed by atoms with Crippen molar-refractivity contribution >= 4 is 23.8 Å². The molecule has 0 atom stereocenters. The lowest BCUT2D eigenvalue weighted by Crippen LogP contribution is -2.12. The highest BCUT2D eigenvalue weighted by atomic mass is 16.4. The lowest BCUT2D eigenvalue weighted by Gasteiger charge is -2.01. The van der Waals surface area contributed by atoms with Gasteiger partial charge in [-0.25, -0.2) is 14.3 Å². The Labute approximate surface area is 101 Å². The van der Waals surface area contributed by atoms with Gasteiger partial charge in [-0.1, -0.05) is 0 Å². The van der Waals surface area contributed by atoms with Crippen LogP contribution in [-0.2, 0) is 0 Å². The molecule has 8 nitrogen and oxygen atoms in total. The Morgan fingerprint density at radius 3 is 2.94 bits per heavy atom. The fraction of sp³-hybridized carbons (Fsp3) is 0.200. The van der Waals surface area contributed by atoms with Crippen LogP contribution in [0.15, 0.2) is 22.1 Å². The molecule has 0 fully saturated rings. The number of hydrogen-bond donors (Lipinski definition) is 2. The number of carboxylic acid groups (broad SMARTS) is 1. The number of hydrogen-bond acceptors (Lipinski definition) is 4. The maximum atomic E-state index is 11.7. The van der Waals surface area contributed by atoms with E-state index in [9.17, 15) is 9.59 Å². The van der Waals surface area contributed by atoms with Gasteiger partial charge in [0.2, 0.25) is 5.95 Å². The third kappa shape index (κ3) is 2.21. The van der Waals surface area contributed by atoms with Gasteiger partial charge in [-0.15, -0.1) is 5.10 Å². The highest BCUT2D eigenvalue weighted by molar-refractivity contribution is 5.89. The quantitative estimate of drug-likeness (QED) is 0.586. The standard InChI is InChI=1S/C10H11N5O3/c1-14(2)5-11-10-12-8(16)7-3-6(9(17)18)4-15(7)13-10/h3-5H,1-2H3,(H,17,18)(H,12,13,16). The van der Waals surface area contributed by atoms with Gasteiger partial charge in [0.1, 0.15) is 5.52 Å². The lowest BCUT2D eigenvalue weighted by atomic mass is 10.3. The van der Waals surface area contributed by atoms with Crippen molar-refractivity contribution in [3.05, 3.63) is 28.2 Å². The van der Waals surface area contributed by atoms with Gasteiger partial charge < -0.3 is 10.0 Å². The van der Waals surface area contributed by atoms with Crippen LogP contribution in [0, 0.1) is 0 Å². The first kappa shape index (κ1) is 11.8. The summed E-state index contributed by atoms with van der Waals surface area (Å²) in [4.78, 5) is 30.5. The normalized spacial score (nSPS) is 11.2. The van der Waals surface area contributed by atoms with E-state index >= 15 is 0 Å². The molecule has 2 aromatic heterocycles. The second kappa shape index (κ2) is 4.32. The average Bonchev–Trinajstić information content (AvgIpc) is 2.71. The molecule has 0 unspecified atom stereocenters. The minimum atomic E-state index is -1.11. The molecular formula is C10H11N5O3. The molecular weight excluding hydrogens is 238 g/mol. The molecule has 0 aliphatic rings. The van der Waals surface area contributed by atoms with Gasteiger partial charge in [0.25, 0.3) is 5.56 Å². The smallest absolute Gasteiger partial charge is 0.337 e. The highest BCUT2D eigenvalue weighted by Gasteiger charge is 2.10. The molecule has 2 aromatic rings. The van der Waals surface area contributed by atoms with Crippen molar-refractivity contribution < 1.29 is 9.90 Å². The van der Waals surface area contributed by atoms with Crippen molar-refractivity contribution in [3.8, 4) is 0 Å². The molecule has 0 spiro atoms. The molecule has 0 radical (unpaired) electrons. The van der Waals surface area contributed by atoms with E-state index in [0.717, 1.165) is 0 Å². The van der Waals surface area contributed by atoms with Crippen molar-refractivity contribution in [3.63, 3.8) is 0 Å². The Morgan fingerprint density at radius 1 is 1.61 bits per heavy atom. The average molecular weight is 249 g/mol. The summed E-state index contributed by atoms with van der Waals surface area (Å²) >= 11 is 0. The lowest BCUT2D eigenvalue weighted by molar-refractivity contribution is 0.0697. The largest absolute Gasteiger partial charge is 0.478 e. The fourth-order valence-corrected chi connectivity index (χ4v) is 1.34. The Morgan fingerprint density at radius 2 is 2.33 bits per heavy atom. The van der Waals surface area contributed by atoms with Crippen LogP contribution in [0.4, 0.5) is 5.95 Å². The highest BCUT2D eigenvalue weighted by Crippen LogP contribution is 2.07. The molecule has 94 valence electrons. The molecule has 2 N–H and O–H groups in total. The first-order valence-corrected chi connectivity index (χ1v) is 5.04. The zero-order chi connectivity index (χ0) is 13.3. The molecule has 2 rings (SSSR count). The maximum absolute atomic E-state index is 11.7. The Kier molecular flexibility index (Phi) is 2.84. The van der Waals surface area contributed by atoms with E-state index in [-0.39, 0.29) is 17.0 Å². The van der Waals surface area contributed by atoms with E-state index in [2.05, 4.69) is 15.1 Å². The van der Waals surface area contributed by atoms with Crippen LogP contribution in [0.5, 0.6) is 0 Å². The number of rotatable bonds is 3. The summed E-state index contributed by atoms with van der Waals surface area (Å²) in [6.07, 6.45) is 2.74. The van der Waals surface area contributed by atoms with Crippen LogP contribution in [0.1, 0.15) is 10.4 Å². The fourth-order valence-electron chi connectivity index (χ4n) is 1.34. The summed E-state index contributed by atoms with van der Waals surface area (Å²) in [7, 11) is 3.55. The van der Waals surface area contributed by atoms with E-state index in [1.54, 1.807) is 19.0 Å². The van der Waals surface area contributed by atoms with Gasteiger partial charge in [-0.2, -0.15) is 0 Å². The minimum absolute atomic E-state index is 0.00161. The summed E-state index contributed by atoms with van der Waals surface area (Å²) < 4.78 is 1.20. The molecule has 0 saturated carbocycles. The zero-order valence-electron chi connectivity index (χ0n) is 9.78. The van der Waals surface area contributed by atoms with E-state index in [0.29, 0.717) is 0 Å². The first-order chi connectivity index (χ1) is 8.47. The monoisotopic (exact) mass is 249 g/mol. The molecule has 0 saturated heterocycles. The topological polar surface area (TPSA) is 103 Å². The Balaban J connectivity index is 2.55. The predicted octanol–water partition coefficient (Wildman–Crippen LogP) is -0.0578. The summed E-state index contributed by atoms with van der Waals surface area (Å²) in [6.45, 7) is 0. The molecule has 0 aromatic carbocycles. The van der Waals surface area contributed by atoms with Crippen LogP contribution in [-0.4, -0.2) is 51.0 Å². The second-order valence-electron chi connectivity index (χ2n) is 3.85. The molecule has 0 aliphatic heterocycles. The predicted molar refractivity (Wildman–Crippen MR) is 64.6 cm³/mol. The summed E-state index contributed by atoms with van der Waals surface area (Å²) in [5.74, 6) is -1.01. The van der Waals surface area contributed by atoms with E-state index < -0.39 is 11.5 Å². The zero-order valence-corrected chi connectivity index (χ0v) is 9.78. The number of fused-ring (bicyclic) bond motifs is 1. The molecule has 0 bridgehead atoms. The minimum Gasteiger partial charge on any atom is -0.478 e.